The van der Waals surface area contributed by atoms with Gasteiger partial charge in [0.15, 0.2) is 5.16 Å². The number of para-hydroxylation sites is 1. The van der Waals surface area contributed by atoms with E-state index in [0.717, 1.165) is 58.4 Å². The minimum absolute atomic E-state index is 0.124. The maximum Gasteiger partial charge on any atom is 0.211 e. The van der Waals surface area contributed by atoms with E-state index in [1.54, 1.807) is 30.2 Å². The summed E-state index contributed by atoms with van der Waals surface area (Å²) in [7, 11) is 1.67. The molecule has 1 aliphatic carbocycles. The van der Waals surface area contributed by atoms with Gasteiger partial charge in [0, 0.05) is 21.9 Å². The number of hydrogen-bond donors (Lipinski definition) is 0. The maximum atomic E-state index is 13.2. The Morgan fingerprint density at radius 1 is 1.07 bits per heavy atom. The third-order valence-electron chi connectivity index (χ3n) is 5.47. The number of fused-ring (bicyclic) bond motifs is 2. The summed E-state index contributed by atoms with van der Waals surface area (Å²) in [6.07, 6.45) is 4.14. The van der Waals surface area contributed by atoms with Crippen LogP contribution in [0.25, 0.3) is 16.0 Å². The minimum atomic E-state index is 0.124. The largest absolute Gasteiger partial charge is 0.497 e. The normalized spacial score (nSPS) is 13.4. The predicted octanol–water partition coefficient (Wildman–Crippen LogP) is 5.63. The van der Waals surface area contributed by atoms with Gasteiger partial charge in [-0.05, 0) is 55.5 Å². The van der Waals surface area contributed by atoms with Crippen molar-refractivity contribution in [3.8, 4) is 11.4 Å². The van der Waals surface area contributed by atoms with Crippen LogP contribution in [0.15, 0.2) is 64.5 Å². The first-order valence-corrected chi connectivity index (χ1v) is 11.9. The summed E-state index contributed by atoms with van der Waals surface area (Å²) < 4.78 is 7.41. The Hall–Kier alpha value is -2.57. The molecule has 0 fully saturated rings. The second kappa shape index (κ2) is 8.28. The van der Waals surface area contributed by atoms with E-state index in [1.807, 2.05) is 30.3 Å². The number of nitrogens with zero attached hydrogens (tertiary/aromatic N) is 2. The zero-order chi connectivity index (χ0) is 20.5. The fourth-order valence-electron chi connectivity index (χ4n) is 3.89. The molecule has 1 aliphatic rings. The van der Waals surface area contributed by atoms with Crippen LogP contribution in [-0.4, -0.2) is 16.7 Å². The zero-order valence-electron chi connectivity index (χ0n) is 16.8. The highest BCUT2D eigenvalue weighted by Crippen LogP contribution is 2.34. The molecule has 0 N–H and O–H groups in total. The molecule has 0 aliphatic heterocycles. The van der Waals surface area contributed by atoms with Crippen molar-refractivity contribution in [1.29, 1.82) is 0 Å². The summed E-state index contributed by atoms with van der Waals surface area (Å²) in [6.45, 7) is 0. The van der Waals surface area contributed by atoms with Crippen LogP contribution in [0, 0.1) is 0 Å². The lowest BCUT2D eigenvalue weighted by Crippen LogP contribution is -2.15. The molecule has 0 saturated carbocycles. The Balaban J connectivity index is 1.60. The first-order valence-electron chi connectivity index (χ1n) is 10.1. The highest BCUT2D eigenvalue weighted by molar-refractivity contribution is 7.98. The van der Waals surface area contributed by atoms with E-state index < -0.39 is 0 Å². The summed E-state index contributed by atoms with van der Waals surface area (Å²) >= 11 is 3.41. The average Bonchev–Trinajstić information content (AvgIpc) is 3.17. The average molecular weight is 435 g/mol. The molecular weight excluding hydrogens is 412 g/mol. The van der Waals surface area contributed by atoms with E-state index in [-0.39, 0.29) is 5.43 Å². The van der Waals surface area contributed by atoms with Crippen molar-refractivity contribution in [3.05, 3.63) is 80.8 Å². The van der Waals surface area contributed by atoms with Crippen LogP contribution in [0.5, 0.6) is 5.75 Å². The number of thioether (sulfide) groups is 1. The number of methoxy groups -OCH3 is 1. The standard InChI is InChI=1S/C24H22N2O2S2/c1-28-18-13-11-16(12-14-18)15-29-24-25-21-22(27)19-9-5-6-10-20(19)30-23(21)26(24)17-7-3-2-4-8-17/h2-4,7-8,11-14H,5-6,9-10,15H2,1H3. The summed E-state index contributed by atoms with van der Waals surface area (Å²) in [5.74, 6) is 1.63. The van der Waals surface area contributed by atoms with Crippen molar-refractivity contribution >= 4 is 33.4 Å². The highest BCUT2D eigenvalue weighted by atomic mass is 32.2. The van der Waals surface area contributed by atoms with Crippen LogP contribution in [0.3, 0.4) is 0 Å². The van der Waals surface area contributed by atoms with Gasteiger partial charge in [0.05, 0.1) is 7.11 Å². The van der Waals surface area contributed by atoms with Crippen LogP contribution < -0.4 is 10.2 Å². The minimum Gasteiger partial charge on any atom is -0.497 e. The third-order valence-corrected chi connectivity index (χ3v) is 7.75. The lowest BCUT2D eigenvalue weighted by atomic mass is 9.98. The van der Waals surface area contributed by atoms with E-state index in [9.17, 15) is 4.79 Å². The van der Waals surface area contributed by atoms with Gasteiger partial charge in [-0.25, -0.2) is 4.98 Å². The van der Waals surface area contributed by atoms with Crippen molar-refractivity contribution < 1.29 is 4.74 Å². The molecule has 2 aromatic carbocycles. The molecule has 4 nitrogen and oxygen atoms in total. The number of ether oxygens (including phenoxy) is 1. The molecule has 152 valence electrons. The van der Waals surface area contributed by atoms with Gasteiger partial charge in [0.2, 0.25) is 5.43 Å². The lowest BCUT2D eigenvalue weighted by molar-refractivity contribution is 0.414. The molecule has 0 spiro atoms. The summed E-state index contributed by atoms with van der Waals surface area (Å²) in [4.78, 5) is 20.3. The van der Waals surface area contributed by atoms with Gasteiger partial charge in [-0.15, -0.1) is 11.3 Å². The van der Waals surface area contributed by atoms with Gasteiger partial charge < -0.3 is 4.74 Å². The monoisotopic (exact) mass is 434 g/mol. The van der Waals surface area contributed by atoms with E-state index >= 15 is 0 Å². The van der Waals surface area contributed by atoms with Gasteiger partial charge in [-0.1, -0.05) is 42.1 Å². The Morgan fingerprint density at radius 3 is 2.60 bits per heavy atom. The summed E-state index contributed by atoms with van der Waals surface area (Å²) in [6, 6.07) is 18.3. The molecule has 2 heterocycles. The van der Waals surface area contributed by atoms with Gasteiger partial charge in [0.25, 0.3) is 0 Å². The SMILES string of the molecule is COc1ccc(CSc2nc3c(=O)c4c(sc3n2-c2ccccc2)CCCC4)cc1. The number of hydrogen-bond acceptors (Lipinski definition) is 5. The van der Waals surface area contributed by atoms with E-state index in [2.05, 4.69) is 28.8 Å². The molecule has 0 atom stereocenters. The van der Waals surface area contributed by atoms with Crippen molar-refractivity contribution in [2.45, 2.75) is 36.6 Å². The van der Waals surface area contributed by atoms with Crippen LogP contribution >= 0.6 is 23.1 Å². The highest BCUT2D eigenvalue weighted by Gasteiger charge is 2.22. The van der Waals surface area contributed by atoms with Gasteiger partial charge in [0.1, 0.15) is 16.1 Å². The zero-order valence-corrected chi connectivity index (χ0v) is 18.4. The number of aromatic nitrogens is 2. The molecule has 0 radical (unpaired) electrons. The molecule has 5 rings (SSSR count). The van der Waals surface area contributed by atoms with E-state index in [4.69, 9.17) is 9.72 Å². The summed E-state index contributed by atoms with van der Waals surface area (Å²) in [5.41, 5.74) is 3.96. The Bertz CT molecular complexity index is 1240. The Labute approximate surface area is 183 Å². The molecular formula is C24H22N2O2S2. The number of aryl methyl sites for hydroxylation is 1. The van der Waals surface area contributed by atoms with Crippen LogP contribution in [0.1, 0.15) is 28.8 Å². The van der Waals surface area contributed by atoms with Crippen molar-refractivity contribution in [3.63, 3.8) is 0 Å². The van der Waals surface area contributed by atoms with E-state index in [0.29, 0.717) is 5.52 Å². The fraction of sp³-hybridized carbons (Fsp3) is 0.250. The first-order chi connectivity index (χ1) is 14.7. The smallest absolute Gasteiger partial charge is 0.211 e. The maximum absolute atomic E-state index is 13.2. The van der Waals surface area contributed by atoms with Crippen molar-refractivity contribution in [1.82, 2.24) is 9.55 Å². The molecule has 30 heavy (non-hydrogen) atoms. The lowest BCUT2D eigenvalue weighted by Gasteiger charge is -2.14. The topological polar surface area (TPSA) is 44.1 Å². The molecule has 0 bridgehead atoms. The molecule has 6 heteroatoms. The summed E-state index contributed by atoms with van der Waals surface area (Å²) in [5, 5.41) is 0.864. The van der Waals surface area contributed by atoms with Crippen LogP contribution in [-0.2, 0) is 18.6 Å². The second-order valence-electron chi connectivity index (χ2n) is 7.40. The molecule has 0 amide bonds. The van der Waals surface area contributed by atoms with E-state index in [1.165, 1.54) is 10.4 Å². The fourth-order valence-corrected chi connectivity index (χ4v) is 6.23. The molecule has 4 aromatic rings. The second-order valence-corrected chi connectivity index (χ2v) is 9.42. The van der Waals surface area contributed by atoms with Crippen LogP contribution in [0.2, 0.25) is 0 Å². The molecule has 0 unspecified atom stereocenters. The Morgan fingerprint density at radius 2 is 1.83 bits per heavy atom. The van der Waals surface area contributed by atoms with Crippen molar-refractivity contribution in [2.24, 2.45) is 0 Å². The quantitative estimate of drug-likeness (QED) is 0.382. The van der Waals surface area contributed by atoms with Gasteiger partial charge >= 0.3 is 0 Å². The van der Waals surface area contributed by atoms with Gasteiger partial charge in [-0.3, -0.25) is 9.36 Å². The molecule has 0 saturated heterocycles. The van der Waals surface area contributed by atoms with Gasteiger partial charge in [-0.2, -0.15) is 0 Å². The number of rotatable bonds is 5. The third kappa shape index (κ3) is 3.55. The molecule has 2 aromatic heterocycles. The Kier molecular flexibility index (Phi) is 5.35. The number of imidazole rings is 1. The number of benzene rings is 2. The van der Waals surface area contributed by atoms with Crippen molar-refractivity contribution in [2.75, 3.05) is 7.11 Å². The first kappa shape index (κ1) is 19.4. The predicted molar refractivity (Wildman–Crippen MR) is 124 cm³/mol. The van der Waals surface area contributed by atoms with Crippen LogP contribution in [0.4, 0.5) is 0 Å².